The molecule has 1 aliphatic heterocycles. The zero-order valence-corrected chi connectivity index (χ0v) is 20.9. The van der Waals surface area contributed by atoms with Crippen LogP contribution in [0.25, 0.3) is 0 Å². The van der Waals surface area contributed by atoms with E-state index in [2.05, 4.69) is 10.3 Å². The number of amides is 4. The fourth-order valence-electron chi connectivity index (χ4n) is 4.47. The first-order chi connectivity index (χ1) is 17.3. The van der Waals surface area contributed by atoms with Gasteiger partial charge in [0.05, 0.1) is 12.0 Å². The van der Waals surface area contributed by atoms with Gasteiger partial charge in [0, 0.05) is 24.0 Å². The first kappa shape index (κ1) is 25.2. The Morgan fingerprint density at radius 3 is 2.56 bits per heavy atom. The van der Waals surface area contributed by atoms with Gasteiger partial charge in [-0.3, -0.25) is 14.5 Å². The Balaban J connectivity index is 1.60. The highest BCUT2D eigenvalue weighted by Crippen LogP contribution is 2.33. The molecule has 0 saturated carbocycles. The zero-order chi connectivity index (χ0) is 25.8. The summed E-state index contributed by atoms with van der Waals surface area (Å²) in [7, 11) is 1.64. The van der Waals surface area contributed by atoms with Crippen LogP contribution in [0.5, 0.6) is 0 Å². The number of carbonyl (C=O) groups excluding carboxylic acids is 3. The number of halogens is 1. The summed E-state index contributed by atoms with van der Waals surface area (Å²) >= 11 is 6.13. The van der Waals surface area contributed by atoms with E-state index in [4.69, 9.17) is 17.3 Å². The highest BCUT2D eigenvalue weighted by Gasteiger charge is 2.55. The highest BCUT2D eigenvalue weighted by molar-refractivity contribution is 6.30. The number of carbonyl (C=O) groups is 3. The Bertz CT molecular complexity index is 1270. The van der Waals surface area contributed by atoms with E-state index in [1.54, 1.807) is 55.7 Å². The molecule has 0 spiro atoms. The van der Waals surface area contributed by atoms with Crippen LogP contribution in [0.4, 0.5) is 16.3 Å². The Hall–Kier alpha value is -3.91. The van der Waals surface area contributed by atoms with Crippen molar-refractivity contribution in [2.75, 3.05) is 17.7 Å². The minimum Gasteiger partial charge on any atom is -0.384 e. The van der Waals surface area contributed by atoms with E-state index in [1.165, 1.54) is 4.90 Å². The van der Waals surface area contributed by atoms with Crippen molar-refractivity contribution in [3.63, 3.8) is 0 Å². The second kappa shape index (κ2) is 10.8. The molecule has 3 atom stereocenters. The minimum absolute atomic E-state index is 0.264. The van der Waals surface area contributed by atoms with Crippen LogP contribution in [0.3, 0.4) is 0 Å². The molecule has 3 N–H and O–H groups in total. The molecular formula is C27H28ClN5O3. The Morgan fingerprint density at radius 1 is 1.14 bits per heavy atom. The number of likely N-dealkylation sites (tertiary alicyclic amines) is 1. The molecule has 2 aromatic carbocycles. The topological polar surface area (TPSA) is 109 Å². The van der Waals surface area contributed by atoms with Gasteiger partial charge in [0.25, 0.3) is 5.91 Å². The number of nitrogens with one attached hydrogen (secondary N) is 1. The summed E-state index contributed by atoms with van der Waals surface area (Å²) in [6, 6.07) is 17.8. The quantitative estimate of drug-likeness (QED) is 0.467. The number of aromatic nitrogens is 1. The molecule has 9 heteroatoms. The highest BCUT2D eigenvalue weighted by atomic mass is 35.5. The maximum atomic E-state index is 13.6. The number of pyridine rings is 1. The maximum absolute atomic E-state index is 13.6. The summed E-state index contributed by atoms with van der Waals surface area (Å²) < 4.78 is 0. The second-order valence-electron chi connectivity index (χ2n) is 8.75. The Kier molecular flexibility index (Phi) is 7.55. The van der Waals surface area contributed by atoms with Crippen molar-refractivity contribution in [2.24, 2.45) is 5.92 Å². The molecule has 1 fully saturated rings. The molecule has 4 rings (SSSR count). The van der Waals surface area contributed by atoms with Crippen molar-refractivity contribution in [3.05, 3.63) is 89.1 Å². The second-order valence-corrected chi connectivity index (χ2v) is 9.19. The summed E-state index contributed by atoms with van der Waals surface area (Å²) in [5.74, 6) is -1.14. The predicted molar refractivity (Wildman–Crippen MR) is 139 cm³/mol. The number of nitrogens with zero attached hydrogens (tertiary/aromatic N) is 3. The molecule has 0 aliphatic carbocycles. The average molecular weight is 506 g/mol. The van der Waals surface area contributed by atoms with E-state index in [9.17, 15) is 14.4 Å². The molecule has 0 bridgehead atoms. The number of benzene rings is 2. The third kappa shape index (κ3) is 5.18. The number of imide groups is 1. The van der Waals surface area contributed by atoms with Gasteiger partial charge in [0.2, 0.25) is 5.91 Å². The number of urea groups is 1. The van der Waals surface area contributed by atoms with E-state index < -0.39 is 23.9 Å². The number of rotatable bonds is 7. The van der Waals surface area contributed by atoms with Gasteiger partial charge < -0.3 is 16.0 Å². The molecule has 4 amide bonds. The molecule has 8 nitrogen and oxygen atoms in total. The number of anilines is 2. The Labute approximate surface area is 215 Å². The maximum Gasteiger partial charge on any atom is 0.325 e. The van der Waals surface area contributed by atoms with Crippen LogP contribution in [0, 0.1) is 5.92 Å². The van der Waals surface area contributed by atoms with Crippen LogP contribution in [0.15, 0.2) is 72.9 Å². The van der Waals surface area contributed by atoms with E-state index in [1.807, 2.05) is 31.2 Å². The lowest BCUT2D eigenvalue weighted by molar-refractivity contribution is -0.156. The summed E-state index contributed by atoms with van der Waals surface area (Å²) in [4.78, 5) is 46.7. The van der Waals surface area contributed by atoms with Crippen LogP contribution in [0.2, 0.25) is 5.02 Å². The van der Waals surface area contributed by atoms with E-state index in [0.717, 1.165) is 16.0 Å². The van der Waals surface area contributed by atoms with Gasteiger partial charge in [-0.2, -0.15) is 0 Å². The molecule has 3 aromatic rings. The number of para-hydroxylation sites is 1. The summed E-state index contributed by atoms with van der Waals surface area (Å²) in [5, 5.41) is 3.46. The standard InChI is InChI=1S/C27H28ClN5O3/c1-3-22(18-8-7-9-19(28)16-18)31-27(36)33-24(26(35)32(2)20-10-5-4-6-11-20)21(25(33)34)14-17-12-13-30-23(29)15-17/h4-13,15-16,21-22,24H,3,14H2,1-2H3,(H2,29,30)(H,31,36)/t21-,22-,24+/m1/s1. The van der Waals surface area contributed by atoms with Crippen molar-refractivity contribution < 1.29 is 14.4 Å². The van der Waals surface area contributed by atoms with Gasteiger partial charge in [0.1, 0.15) is 11.9 Å². The lowest BCUT2D eigenvalue weighted by atomic mass is 9.81. The van der Waals surface area contributed by atoms with Gasteiger partial charge in [-0.15, -0.1) is 0 Å². The summed E-state index contributed by atoms with van der Waals surface area (Å²) in [5.41, 5.74) is 8.06. The van der Waals surface area contributed by atoms with Crippen molar-refractivity contribution in [1.29, 1.82) is 0 Å². The fourth-order valence-corrected chi connectivity index (χ4v) is 4.67. The normalized spacial score (nSPS) is 17.8. The van der Waals surface area contributed by atoms with Gasteiger partial charge in [0.15, 0.2) is 0 Å². The van der Waals surface area contributed by atoms with Crippen molar-refractivity contribution in [2.45, 2.75) is 31.8 Å². The van der Waals surface area contributed by atoms with Crippen molar-refractivity contribution in [3.8, 4) is 0 Å². The number of nitrogen functional groups attached to an aromatic ring is 1. The van der Waals surface area contributed by atoms with E-state index in [0.29, 0.717) is 22.9 Å². The minimum atomic E-state index is -0.964. The Morgan fingerprint density at radius 2 is 1.89 bits per heavy atom. The van der Waals surface area contributed by atoms with Crippen LogP contribution in [0.1, 0.15) is 30.5 Å². The first-order valence-electron chi connectivity index (χ1n) is 11.7. The average Bonchev–Trinajstić information content (AvgIpc) is 2.88. The first-order valence-corrected chi connectivity index (χ1v) is 12.1. The molecule has 2 heterocycles. The number of β-lactam (4-membered cyclic amide) rings is 1. The number of hydrogen-bond donors (Lipinski definition) is 2. The molecule has 0 unspecified atom stereocenters. The van der Waals surface area contributed by atoms with E-state index >= 15 is 0 Å². The van der Waals surface area contributed by atoms with Crippen molar-refractivity contribution in [1.82, 2.24) is 15.2 Å². The number of nitrogens with two attached hydrogens (primary N) is 1. The van der Waals surface area contributed by atoms with Gasteiger partial charge in [-0.1, -0.05) is 48.9 Å². The number of hydrogen-bond acceptors (Lipinski definition) is 5. The lowest BCUT2D eigenvalue weighted by Crippen LogP contribution is -2.70. The molecule has 186 valence electrons. The molecule has 1 aromatic heterocycles. The largest absolute Gasteiger partial charge is 0.384 e. The predicted octanol–water partition coefficient (Wildman–Crippen LogP) is 4.21. The van der Waals surface area contributed by atoms with Crippen LogP contribution in [-0.4, -0.2) is 40.8 Å². The lowest BCUT2D eigenvalue weighted by Gasteiger charge is -2.46. The van der Waals surface area contributed by atoms with Crippen LogP contribution < -0.4 is 16.0 Å². The van der Waals surface area contributed by atoms with Crippen LogP contribution >= 0.6 is 11.6 Å². The SMILES string of the molecule is CC[C@@H](NC(=O)N1C(=O)[C@H](Cc2ccnc(N)c2)[C@H]1C(=O)N(C)c1ccccc1)c1cccc(Cl)c1. The fraction of sp³-hybridized carbons (Fsp3) is 0.259. The molecule has 0 radical (unpaired) electrons. The van der Waals surface area contributed by atoms with Gasteiger partial charge in [-0.05, 0) is 60.4 Å². The summed E-state index contributed by atoms with van der Waals surface area (Å²) in [6.45, 7) is 1.92. The van der Waals surface area contributed by atoms with E-state index in [-0.39, 0.29) is 18.4 Å². The van der Waals surface area contributed by atoms with Gasteiger partial charge in [-0.25, -0.2) is 9.78 Å². The van der Waals surface area contributed by atoms with Crippen molar-refractivity contribution >= 4 is 41.0 Å². The third-order valence-corrected chi connectivity index (χ3v) is 6.65. The monoisotopic (exact) mass is 505 g/mol. The molecule has 1 saturated heterocycles. The smallest absolute Gasteiger partial charge is 0.325 e. The van der Waals surface area contributed by atoms with Crippen LogP contribution in [-0.2, 0) is 16.0 Å². The summed E-state index contributed by atoms with van der Waals surface area (Å²) in [6.07, 6.45) is 2.40. The van der Waals surface area contributed by atoms with Gasteiger partial charge >= 0.3 is 6.03 Å². The molecule has 36 heavy (non-hydrogen) atoms. The number of likely N-dealkylation sites (N-methyl/N-ethyl adjacent to an activating group) is 1. The molecular weight excluding hydrogens is 478 g/mol. The molecule has 1 aliphatic rings. The zero-order valence-electron chi connectivity index (χ0n) is 20.1. The third-order valence-electron chi connectivity index (χ3n) is 6.42.